The van der Waals surface area contributed by atoms with Gasteiger partial charge >= 0.3 is 5.69 Å². The summed E-state index contributed by atoms with van der Waals surface area (Å²) >= 11 is 0. The summed E-state index contributed by atoms with van der Waals surface area (Å²) in [6, 6.07) is 15.4. The van der Waals surface area contributed by atoms with E-state index in [1.54, 1.807) is 12.1 Å². The number of carbonyl (C=O) groups is 1. The summed E-state index contributed by atoms with van der Waals surface area (Å²) in [6.07, 6.45) is 3.65. The molecule has 1 amide bonds. The van der Waals surface area contributed by atoms with Crippen LogP contribution in [0.4, 0.5) is 17.1 Å². The molecular formula is C25H32N4O5. The third-order valence-corrected chi connectivity index (χ3v) is 6.62. The molecule has 1 heterocycles. The molecule has 1 N–H and O–H groups in total. The Bertz CT molecular complexity index is 971. The lowest BCUT2D eigenvalue weighted by molar-refractivity contribution is -0.385. The fourth-order valence-corrected chi connectivity index (χ4v) is 4.66. The molecular weight excluding hydrogens is 436 g/mol. The van der Waals surface area contributed by atoms with Crippen molar-refractivity contribution >= 4 is 23.0 Å². The number of para-hydroxylation sites is 1. The van der Waals surface area contributed by atoms with Crippen molar-refractivity contribution in [1.82, 2.24) is 4.90 Å². The smallest absolute Gasteiger partial charge is 0.311 e. The number of amides is 1. The first-order chi connectivity index (χ1) is 16.5. The van der Waals surface area contributed by atoms with Gasteiger partial charge in [0.25, 0.3) is 0 Å². The summed E-state index contributed by atoms with van der Waals surface area (Å²) in [6.45, 7) is 3.23. The van der Waals surface area contributed by atoms with Crippen LogP contribution in [-0.4, -0.2) is 67.8 Å². The normalized spacial score (nSPS) is 20.6. The van der Waals surface area contributed by atoms with E-state index in [4.69, 9.17) is 9.47 Å². The van der Waals surface area contributed by atoms with Crippen LogP contribution >= 0.6 is 0 Å². The second-order valence-corrected chi connectivity index (χ2v) is 8.78. The number of hydrogen-bond donors (Lipinski definition) is 1. The third kappa shape index (κ3) is 5.96. The van der Waals surface area contributed by atoms with Crippen molar-refractivity contribution in [3.8, 4) is 5.75 Å². The molecule has 9 nitrogen and oxygen atoms in total. The third-order valence-electron chi connectivity index (χ3n) is 6.62. The maximum Gasteiger partial charge on any atom is 0.311 e. The van der Waals surface area contributed by atoms with Gasteiger partial charge in [0, 0.05) is 55.7 Å². The van der Waals surface area contributed by atoms with Crippen molar-refractivity contribution < 1.29 is 19.2 Å². The number of methoxy groups -OCH3 is 1. The molecule has 4 rings (SSSR count). The summed E-state index contributed by atoms with van der Waals surface area (Å²) in [5.41, 5.74) is 1.95. The minimum Gasteiger partial charge on any atom is -0.490 e. The quantitative estimate of drug-likeness (QED) is 0.466. The minimum atomic E-state index is -0.449. The van der Waals surface area contributed by atoms with Gasteiger partial charge < -0.3 is 24.6 Å². The summed E-state index contributed by atoms with van der Waals surface area (Å²) in [5.74, 6) is 0.307. The van der Waals surface area contributed by atoms with E-state index in [1.165, 1.54) is 18.9 Å². The van der Waals surface area contributed by atoms with Crippen LogP contribution in [0.15, 0.2) is 48.5 Å². The standard InChI is InChI=1S/C25H32N4O5/c1-33-24-17-20(9-12-23(24)29(31)32)26-19-7-10-22(11-8-19)34-18-25(30)28-15-13-27(14-16-28)21-5-3-2-4-6-21/h2-6,9,12,17,19,22,26H,7-8,10-11,13-16,18H2,1H3. The monoisotopic (exact) mass is 468 g/mol. The van der Waals surface area contributed by atoms with Crippen molar-refractivity contribution in [2.75, 3.05) is 50.1 Å². The highest BCUT2D eigenvalue weighted by Gasteiger charge is 2.25. The van der Waals surface area contributed by atoms with Crippen LogP contribution in [0, 0.1) is 10.1 Å². The predicted octanol–water partition coefficient (Wildman–Crippen LogP) is 3.69. The van der Waals surface area contributed by atoms with Gasteiger partial charge in [0.1, 0.15) is 6.61 Å². The van der Waals surface area contributed by atoms with Gasteiger partial charge in [0.2, 0.25) is 5.91 Å². The van der Waals surface area contributed by atoms with Crippen LogP contribution in [0.5, 0.6) is 5.75 Å². The van der Waals surface area contributed by atoms with Crippen molar-refractivity contribution in [2.24, 2.45) is 0 Å². The van der Waals surface area contributed by atoms with Crippen molar-refractivity contribution in [1.29, 1.82) is 0 Å². The molecule has 2 aromatic carbocycles. The van der Waals surface area contributed by atoms with E-state index in [9.17, 15) is 14.9 Å². The Balaban J connectivity index is 1.17. The molecule has 0 atom stereocenters. The number of rotatable bonds is 8. The molecule has 0 bridgehead atoms. The van der Waals surface area contributed by atoms with E-state index in [2.05, 4.69) is 22.3 Å². The first kappa shape index (κ1) is 23.8. The largest absolute Gasteiger partial charge is 0.490 e. The van der Waals surface area contributed by atoms with Gasteiger partial charge in [-0.05, 0) is 43.9 Å². The number of piperazine rings is 1. The number of nitro groups is 1. The highest BCUT2D eigenvalue weighted by Crippen LogP contribution is 2.31. The molecule has 1 aliphatic heterocycles. The molecule has 182 valence electrons. The average molecular weight is 469 g/mol. The van der Waals surface area contributed by atoms with Gasteiger partial charge in [0.05, 0.1) is 18.1 Å². The molecule has 0 aromatic heterocycles. The molecule has 2 aliphatic rings. The van der Waals surface area contributed by atoms with Crippen molar-refractivity contribution in [2.45, 2.75) is 37.8 Å². The highest BCUT2D eigenvalue weighted by molar-refractivity contribution is 5.77. The van der Waals surface area contributed by atoms with Crippen LogP contribution < -0.4 is 15.0 Å². The molecule has 9 heteroatoms. The number of carbonyl (C=O) groups excluding carboxylic acids is 1. The SMILES string of the molecule is COc1cc(NC2CCC(OCC(=O)N3CCN(c4ccccc4)CC3)CC2)ccc1[N+](=O)[O-]. The lowest BCUT2D eigenvalue weighted by Crippen LogP contribution is -2.50. The van der Waals surface area contributed by atoms with E-state index in [0.717, 1.165) is 44.5 Å². The van der Waals surface area contributed by atoms with Crippen LogP contribution in [-0.2, 0) is 9.53 Å². The van der Waals surface area contributed by atoms with E-state index in [1.807, 2.05) is 23.1 Å². The summed E-state index contributed by atoms with van der Waals surface area (Å²) in [7, 11) is 1.43. The zero-order chi connectivity index (χ0) is 23.9. The Morgan fingerprint density at radius 3 is 2.41 bits per heavy atom. The van der Waals surface area contributed by atoms with E-state index >= 15 is 0 Å². The van der Waals surface area contributed by atoms with Gasteiger partial charge in [-0.2, -0.15) is 0 Å². The fourth-order valence-electron chi connectivity index (χ4n) is 4.66. The Kier molecular flexibility index (Phi) is 7.84. The average Bonchev–Trinajstić information content (AvgIpc) is 2.88. The second-order valence-electron chi connectivity index (χ2n) is 8.78. The molecule has 0 unspecified atom stereocenters. The zero-order valence-electron chi connectivity index (χ0n) is 19.5. The van der Waals surface area contributed by atoms with E-state index in [-0.39, 0.29) is 36.1 Å². The Hall–Kier alpha value is -3.33. The number of hydrogen-bond acceptors (Lipinski definition) is 7. The topological polar surface area (TPSA) is 97.2 Å². The van der Waals surface area contributed by atoms with Crippen molar-refractivity contribution in [3.05, 3.63) is 58.6 Å². The van der Waals surface area contributed by atoms with Gasteiger partial charge in [-0.25, -0.2) is 0 Å². The number of benzene rings is 2. The Morgan fingerprint density at radius 1 is 1.06 bits per heavy atom. The maximum atomic E-state index is 12.6. The number of anilines is 2. The molecule has 1 saturated carbocycles. The van der Waals surface area contributed by atoms with E-state index < -0.39 is 4.92 Å². The highest BCUT2D eigenvalue weighted by atomic mass is 16.6. The van der Waals surface area contributed by atoms with E-state index in [0.29, 0.717) is 13.1 Å². The number of nitro benzene ring substituents is 1. The van der Waals surface area contributed by atoms with Gasteiger partial charge in [-0.15, -0.1) is 0 Å². The molecule has 1 aliphatic carbocycles. The summed E-state index contributed by atoms with van der Waals surface area (Å²) < 4.78 is 11.1. The van der Waals surface area contributed by atoms with Gasteiger partial charge in [0.15, 0.2) is 5.75 Å². The Labute approximate surface area is 199 Å². The lowest BCUT2D eigenvalue weighted by Gasteiger charge is -2.36. The predicted molar refractivity (Wildman–Crippen MR) is 131 cm³/mol. The molecule has 34 heavy (non-hydrogen) atoms. The van der Waals surface area contributed by atoms with Crippen LogP contribution in [0.3, 0.4) is 0 Å². The van der Waals surface area contributed by atoms with Crippen LogP contribution in [0.2, 0.25) is 0 Å². The Morgan fingerprint density at radius 2 is 1.76 bits per heavy atom. The molecule has 2 aromatic rings. The first-order valence-corrected chi connectivity index (χ1v) is 11.8. The lowest BCUT2D eigenvalue weighted by atomic mass is 9.92. The number of nitrogens with one attached hydrogen (secondary N) is 1. The van der Waals surface area contributed by atoms with Gasteiger partial charge in [-0.1, -0.05) is 18.2 Å². The fraction of sp³-hybridized carbons (Fsp3) is 0.480. The number of nitrogens with zero attached hydrogens (tertiary/aromatic N) is 3. The molecule has 1 saturated heterocycles. The van der Waals surface area contributed by atoms with Crippen molar-refractivity contribution in [3.63, 3.8) is 0 Å². The summed E-state index contributed by atoms with van der Waals surface area (Å²) in [5, 5.41) is 14.5. The maximum absolute atomic E-state index is 12.6. The zero-order valence-corrected chi connectivity index (χ0v) is 19.5. The van der Waals surface area contributed by atoms with Crippen LogP contribution in [0.25, 0.3) is 0 Å². The molecule has 0 spiro atoms. The summed E-state index contributed by atoms with van der Waals surface area (Å²) in [4.78, 5) is 27.5. The van der Waals surface area contributed by atoms with Gasteiger partial charge in [-0.3, -0.25) is 14.9 Å². The van der Waals surface area contributed by atoms with Crippen LogP contribution in [0.1, 0.15) is 25.7 Å². The molecule has 2 fully saturated rings. The second kappa shape index (κ2) is 11.2. The minimum absolute atomic E-state index is 0.0451. The number of ether oxygens (including phenoxy) is 2. The molecule has 0 radical (unpaired) electrons. The first-order valence-electron chi connectivity index (χ1n) is 11.8.